The van der Waals surface area contributed by atoms with Gasteiger partial charge in [-0.05, 0) is 42.8 Å². The third-order valence-corrected chi connectivity index (χ3v) is 7.43. The summed E-state index contributed by atoms with van der Waals surface area (Å²) in [7, 11) is -3.79. The predicted octanol–water partition coefficient (Wildman–Crippen LogP) is 2.96. The van der Waals surface area contributed by atoms with Gasteiger partial charge in [0.1, 0.15) is 0 Å². The number of benzene rings is 2. The Balaban J connectivity index is 1.65. The molecule has 178 valence electrons. The fourth-order valence-electron chi connectivity index (χ4n) is 3.20. The van der Waals surface area contributed by atoms with Gasteiger partial charge in [0.2, 0.25) is 16.8 Å². The van der Waals surface area contributed by atoms with Crippen LogP contribution in [0.4, 0.5) is 0 Å². The molecule has 11 heteroatoms. The number of nitrogens with one attached hydrogen (secondary N) is 1. The van der Waals surface area contributed by atoms with Crippen LogP contribution >= 0.6 is 11.6 Å². The number of esters is 1. The van der Waals surface area contributed by atoms with E-state index in [1.807, 2.05) is 0 Å². The van der Waals surface area contributed by atoms with Gasteiger partial charge in [0.15, 0.2) is 17.6 Å². The highest BCUT2D eigenvalue weighted by Crippen LogP contribution is 2.32. The van der Waals surface area contributed by atoms with Crippen LogP contribution in [0.1, 0.15) is 36.7 Å². The van der Waals surface area contributed by atoms with E-state index in [1.165, 1.54) is 23.4 Å². The average Bonchev–Trinajstić information content (AvgIpc) is 3.26. The summed E-state index contributed by atoms with van der Waals surface area (Å²) < 4.78 is 42.6. The molecule has 1 amide bonds. The van der Waals surface area contributed by atoms with Crippen molar-refractivity contribution >= 4 is 33.5 Å². The fraction of sp³-hybridized carbons (Fsp3) is 0.364. The average molecular weight is 497 g/mol. The van der Waals surface area contributed by atoms with Crippen LogP contribution in [0.2, 0.25) is 5.02 Å². The Morgan fingerprint density at radius 3 is 2.52 bits per heavy atom. The summed E-state index contributed by atoms with van der Waals surface area (Å²) in [4.78, 5) is 25.0. The molecule has 1 atom stereocenters. The van der Waals surface area contributed by atoms with Crippen LogP contribution in [0.5, 0.6) is 11.5 Å². The Hall–Kier alpha value is -2.82. The van der Waals surface area contributed by atoms with Crippen molar-refractivity contribution in [3.63, 3.8) is 0 Å². The monoisotopic (exact) mass is 496 g/mol. The largest absolute Gasteiger partial charge is 0.454 e. The lowest BCUT2D eigenvalue weighted by atomic mass is 10.2. The third-order valence-electron chi connectivity index (χ3n) is 5.06. The molecule has 0 radical (unpaired) electrons. The molecule has 1 aliphatic heterocycles. The number of halogens is 1. The lowest BCUT2D eigenvalue weighted by molar-refractivity contribution is -0.129. The van der Waals surface area contributed by atoms with E-state index in [2.05, 4.69) is 5.32 Å². The molecule has 1 heterocycles. The zero-order valence-electron chi connectivity index (χ0n) is 18.5. The van der Waals surface area contributed by atoms with Gasteiger partial charge >= 0.3 is 5.97 Å². The number of amides is 1. The van der Waals surface area contributed by atoms with Crippen molar-refractivity contribution in [3.8, 4) is 11.5 Å². The van der Waals surface area contributed by atoms with Gasteiger partial charge in [0.05, 0.1) is 15.5 Å². The summed E-state index contributed by atoms with van der Waals surface area (Å²) in [6.45, 7) is 5.75. The van der Waals surface area contributed by atoms with Gasteiger partial charge in [-0.3, -0.25) is 4.79 Å². The maximum Gasteiger partial charge on any atom is 0.340 e. The van der Waals surface area contributed by atoms with Gasteiger partial charge in [0, 0.05) is 19.6 Å². The fourth-order valence-corrected chi connectivity index (χ4v) is 4.87. The summed E-state index contributed by atoms with van der Waals surface area (Å²) in [6, 6.07) is 9.09. The molecule has 0 bridgehead atoms. The van der Waals surface area contributed by atoms with Crippen LogP contribution in [0.3, 0.4) is 0 Å². The van der Waals surface area contributed by atoms with Crippen molar-refractivity contribution in [1.82, 2.24) is 9.62 Å². The Morgan fingerprint density at radius 2 is 1.82 bits per heavy atom. The molecule has 0 fully saturated rings. The number of carbonyl (C=O) groups is 2. The quantitative estimate of drug-likeness (QED) is 0.531. The Kier molecular flexibility index (Phi) is 7.83. The topological polar surface area (TPSA) is 111 Å². The first-order valence-corrected chi connectivity index (χ1v) is 12.2. The number of sulfonamides is 1. The van der Waals surface area contributed by atoms with E-state index in [0.717, 1.165) is 11.6 Å². The minimum Gasteiger partial charge on any atom is -0.454 e. The lowest BCUT2D eigenvalue weighted by Crippen LogP contribution is -2.35. The van der Waals surface area contributed by atoms with E-state index in [9.17, 15) is 18.0 Å². The summed E-state index contributed by atoms with van der Waals surface area (Å²) >= 11 is 6.11. The minimum absolute atomic E-state index is 0.0199. The Labute approximate surface area is 197 Å². The molecule has 1 aliphatic rings. The second-order valence-corrected chi connectivity index (χ2v) is 9.53. The van der Waals surface area contributed by atoms with Gasteiger partial charge in [0.25, 0.3) is 5.91 Å². The van der Waals surface area contributed by atoms with Gasteiger partial charge in [-0.1, -0.05) is 31.5 Å². The van der Waals surface area contributed by atoms with Crippen molar-refractivity contribution in [2.75, 3.05) is 19.9 Å². The molecule has 9 nitrogen and oxygen atoms in total. The zero-order chi connectivity index (χ0) is 24.2. The number of carbonyl (C=O) groups excluding carboxylic acids is 2. The number of fused-ring (bicyclic) bond motifs is 1. The second kappa shape index (κ2) is 10.4. The van der Waals surface area contributed by atoms with E-state index < -0.39 is 28.0 Å². The number of rotatable bonds is 9. The van der Waals surface area contributed by atoms with Crippen LogP contribution < -0.4 is 14.8 Å². The van der Waals surface area contributed by atoms with Gasteiger partial charge in [-0.15, -0.1) is 0 Å². The van der Waals surface area contributed by atoms with E-state index in [-0.39, 0.29) is 41.9 Å². The van der Waals surface area contributed by atoms with Crippen molar-refractivity contribution in [3.05, 3.63) is 52.5 Å². The maximum atomic E-state index is 12.8. The number of nitrogens with zero attached hydrogens (tertiary/aromatic N) is 1. The van der Waals surface area contributed by atoms with Gasteiger partial charge < -0.3 is 19.5 Å². The predicted molar refractivity (Wildman–Crippen MR) is 121 cm³/mol. The number of ether oxygens (including phenoxy) is 3. The molecular weight excluding hydrogens is 472 g/mol. The normalized spacial score (nSPS) is 13.6. The molecule has 2 aromatic rings. The summed E-state index contributed by atoms with van der Waals surface area (Å²) in [5.41, 5.74) is 0.642. The Morgan fingerprint density at radius 1 is 1.12 bits per heavy atom. The van der Waals surface area contributed by atoms with Crippen molar-refractivity contribution in [2.24, 2.45) is 0 Å². The van der Waals surface area contributed by atoms with Gasteiger partial charge in [-0.25, -0.2) is 13.2 Å². The molecule has 0 aromatic heterocycles. The first-order valence-electron chi connectivity index (χ1n) is 10.3. The molecule has 3 rings (SSSR count). The molecule has 2 aromatic carbocycles. The summed E-state index contributed by atoms with van der Waals surface area (Å²) in [5.74, 6) is -0.198. The van der Waals surface area contributed by atoms with Crippen LogP contribution in [0.15, 0.2) is 41.3 Å². The first-order chi connectivity index (χ1) is 15.7. The highest BCUT2D eigenvalue weighted by Gasteiger charge is 2.26. The zero-order valence-corrected chi connectivity index (χ0v) is 20.0. The van der Waals surface area contributed by atoms with Crippen LogP contribution in [-0.2, 0) is 26.1 Å². The molecule has 0 saturated carbocycles. The standard InChI is InChI=1S/C22H25ClN2O7S/c1-4-25(5-2)33(28,29)16-7-8-18(23)17(11-16)22(27)32-14(3)21(26)24-12-15-6-9-19-20(10-15)31-13-30-19/h6-11,14H,4-5,12-13H2,1-3H3,(H,24,26). The molecule has 0 aliphatic carbocycles. The van der Waals surface area contributed by atoms with E-state index in [4.69, 9.17) is 25.8 Å². The molecule has 1 unspecified atom stereocenters. The maximum absolute atomic E-state index is 12.8. The van der Waals surface area contributed by atoms with E-state index >= 15 is 0 Å². The summed E-state index contributed by atoms with van der Waals surface area (Å²) in [6.07, 6.45) is -1.13. The SMILES string of the molecule is CCN(CC)S(=O)(=O)c1ccc(Cl)c(C(=O)OC(C)C(=O)NCc2ccc3c(c2)OCO3)c1. The van der Waals surface area contributed by atoms with Gasteiger partial charge in [-0.2, -0.15) is 4.31 Å². The molecule has 33 heavy (non-hydrogen) atoms. The molecule has 1 N–H and O–H groups in total. The van der Waals surface area contributed by atoms with Crippen LogP contribution in [0.25, 0.3) is 0 Å². The highest BCUT2D eigenvalue weighted by atomic mass is 35.5. The van der Waals surface area contributed by atoms with Crippen LogP contribution in [-0.4, -0.2) is 50.6 Å². The smallest absolute Gasteiger partial charge is 0.340 e. The molecular formula is C22H25ClN2O7S. The highest BCUT2D eigenvalue weighted by molar-refractivity contribution is 7.89. The van der Waals surface area contributed by atoms with Crippen molar-refractivity contribution in [2.45, 2.75) is 38.3 Å². The van der Waals surface area contributed by atoms with Crippen molar-refractivity contribution in [1.29, 1.82) is 0 Å². The number of hydrogen-bond acceptors (Lipinski definition) is 7. The van der Waals surface area contributed by atoms with E-state index in [0.29, 0.717) is 11.5 Å². The second-order valence-electron chi connectivity index (χ2n) is 7.18. The lowest BCUT2D eigenvalue weighted by Gasteiger charge is -2.19. The summed E-state index contributed by atoms with van der Waals surface area (Å²) in [5, 5.41) is 2.70. The van der Waals surface area contributed by atoms with Crippen molar-refractivity contribution < 1.29 is 32.2 Å². The van der Waals surface area contributed by atoms with Crippen LogP contribution in [0, 0.1) is 0 Å². The Bertz CT molecular complexity index is 1150. The third kappa shape index (κ3) is 5.58. The number of hydrogen-bond donors (Lipinski definition) is 1. The minimum atomic E-state index is -3.79. The molecule has 0 saturated heterocycles. The molecule has 0 spiro atoms. The first kappa shape index (κ1) is 24.8. The van der Waals surface area contributed by atoms with E-state index in [1.54, 1.807) is 32.0 Å².